The highest BCUT2D eigenvalue weighted by Gasteiger charge is 2.25. The second-order valence-electron chi connectivity index (χ2n) is 9.40. The van der Waals surface area contributed by atoms with Crippen molar-refractivity contribution in [1.29, 1.82) is 0 Å². The van der Waals surface area contributed by atoms with E-state index in [1.54, 1.807) is 12.1 Å². The van der Waals surface area contributed by atoms with Gasteiger partial charge in [0, 0.05) is 19.6 Å². The zero-order valence-electron chi connectivity index (χ0n) is 20.1. The number of hydrogen-bond donors (Lipinski definition) is 1. The quantitative estimate of drug-likeness (QED) is 0.570. The van der Waals surface area contributed by atoms with E-state index >= 15 is 0 Å². The number of hydrazine groups is 1. The van der Waals surface area contributed by atoms with Crippen LogP contribution in [0.3, 0.4) is 0 Å². The van der Waals surface area contributed by atoms with E-state index in [0.717, 1.165) is 43.8 Å². The molecule has 2 aromatic rings. The molecule has 0 bridgehead atoms. The van der Waals surface area contributed by atoms with Crippen molar-refractivity contribution in [1.82, 2.24) is 9.73 Å². The van der Waals surface area contributed by atoms with Gasteiger partial charge in [-0.1, -0.05) is 31.2 Å². The first kappa shape index (κ1) is 24.0. The number of rotatable bonds is 10. The maximum atomic E-state index is 12.2. The van der Waals surface area contributed by atoms with Gasteiger partial charge in [-0.15, -0.1) is 4.83 Å². The summed E-state index contributed by atoms with van der Waals surface area (Å²) in [5.74, 6) is 1.72. The largest absolute Gasteiger partial charge is 0.496 e. The van der Waals surface area contributed by atoms with Crippen LogP contribution in [0, 0.1) is 0 Å². The first-order valence-electron chi connectivity index (χ1n) is 12.1. The molecule has 1 N–H and O–H groups in total. The lowest BCUT2D eigenvalue weighted by Crippen LogP contribution is -2.42. The second-order valence-corrected chi connectivity index (χ2v) is 11.2. The summed E-state index contributed by atoms with van der Waals surface area (Å²) in [4.78, 5) is 5.19. The lowest BCUT2D eigenvalue weighted by molar-refractivity contribution is 0.299. The number of fused-ring (bicyclic) bond motifs is 2. The Hall–Kier alpha value is -2.09. The van der Waals surface area contributed by atoms with Crippen LogP contribution in [0.4, 0.5) is 5.69 Å². The maximum Gasteiger partial charge on any atom is 0.228 e. The Kier molecular flexibility index (Phi) is 7.62. The third kappa shape index (κ3) is 5.70. The highest BCUT2D eigenvalue weighted by molar-refractivity contribution is 7.89. The third-order valence-electron chi connectivity index (χ3n) is 6.89. The van der Waals surface area contributed by atoms with E-state index in [1.165, 1.54) is 35.1 Å². The monoisotopic (exact) mass is 471 g/mol. The molecule has 0 fully saturated rings. The molecule has 0 saturated heterocycles. The van der Waals surface area contributed by atoms with Gasteiger partial charge in [-0.2, -0.15) is 0 Å². The minimum atomic E-state index is -3.28. The van der Waals surface area contributed by atoms with Gasteiger partial charge in [-0.3, -0.25) is 5.01 Å². The van der Waals surface area contributed by atoms with E-state index in [4.69, 9.17) is 4.74 Å². The Morgan fingerprint density at radius 1 is 1.21 bits per heavy atom. The van der Waals surface area contributed by atoms with Crippen LogP contribution in [-0.2, 0) is 29.3 Å². The van der Waals surface area contributed by atoms with Crippen molar-refractivity contribution < 1.29 is 13.2 Å². The van der Waals surface area contributed by atoms with E-state index in [2.05, 4.69) is 53.2 Å². The van der Waals surface area contributed by atoms with E-state index < -0.39 is 10.0 Å². The molecule has 0 saturated carbocycles. The molecule has 0 radical (unpaired) electrons. The molecule has 7 heteroatoms. The molecule has 0 aromatic heterocycles. The first-order valence-corrected chi connectivity index (χ1v) is 13.8. The molecule has 0 unspecified atom stereocenters. The highest BCUT2D eigenvalue weighted by atomic mass is 32.2. The molecule has 33 heavy (non-hydrogen) atoms. The van der Waals surface area contributed by atoms with Crippen molar-refractivity contribution in [3.63, 3.8) is 0 Å². The average molecular weight is 472 g/mol. The molecule has 2 aliphatic rings. The summed E-state index contributed by atoms with van der Waals surface area (Å²) in [5, 5.41) is 1.81. The Morgan fingerprint density at radius 3 is 2.85 bits per heavy atom. The molecule has 180 valence electrons. The molecule has 1 atom stereocenters. The van der Waals surface area contributed by atoms with Crippen molar-refractivity contribution in [2.24, 2.45) is 0 Å². The van der Waals surface area contributed by atoms with Gasteiger partial charge in [0.05, 0.1) is 18.6 Å². The number of nitrogens with one attached hydrogen (secondary N) is 1. The van der Waals surface area contributed by atoms with Crippen molar-refractivity contribution in [2.75, 3.05) is 44.6 Å². The van der Waals surface area contributed by atoms with Crippen molar-refractivity contribution in [3.8, 4) is 5.75 Å². The Balaban J connectivity index is 1.37. The number of anilines is 1. The van der Waals surface area contributed by atoms with Gasteiger partial charge in [0.25, 0.3) is 0 Å². The van der Waals surface area contributed by atoms with Gasteiger partial charge in [-0.05, 0) is 85.9 Å². The van der Waals surface area contributed by atoms with Crippen LogP contribution in [0.15, 0.2) is 36.4 Å². The zero-order chi connectivity index (χ0) is 23.4. The summed E-state index contributed by atoms with van der Waals surface area (Å²) in [6.45, 7) is 4.57. The smallest absolute Gasteiger partial charge is 0.228 e. The number of benzene rings is 2. The molecule has 0 amide bonds. The number of methoxy groups -OCH3 is 1. The summed E-state index contributed by atoms with van der Waals surface area (Å²) < 4.78 is 30.1. The zero-order valence-corrected chi connectivity index (χ0v) is 21.0. The van der Waals surface area contributed by atoms with Gasteiger partial charge < -0.3 is 9.64 Å². The fourth-order valence-corrected chi connectivity index (χ4v) is 6.39. The SMILES string of the molecule is CCCS(=O)(=O)NN1CCc2ccc(CCN(C)C[C@@H]3CCCc4c(OC)cccc43)cc21. The Labute approximate surface area is 199 Å². The first-order chi connectivity index (χ1) is 15.9. The highest BCUT2D eigenvalue weighted by Crippen LogP contribution is 2.37. The van der Waals surface area contributed by atoms with E-state index in [-0.39, 0.29) is 5.75 Å². The van der Waals surface area contributed by atoms with Crippen molar-refractivity contribution in [2.45, 2.75) is 51.4 Å². The topological polar surface area (TPSA) is 61.9 Å². The number of nitrogens with zero attached hydrogens (tertiary/aromatic N) is 2. The third-order valence-corrected chi connectivity index (χ3v) is 8.33. The molecule has 1 aliphatic heterocycles. The van der Waals surface area contributed by atoms with Gasteiger partial charge >= 0.3 is 0 Å². The Morgan fingerprint density at radius 2 is 2.06 bits per heavy atom. The van der Waals surface area contributed by atoms with Crippen LogP contribution < -0.4 is 14.6 Å². The van der Waals surface area contributed by atoms with Gasteiger partial charge in [0.15, 0.2) is 0 Å². The van der Waals surface area contributed by atoms with Crippen molar-refractivity contribution in [3.05, 3.63) is 58.7 Å². The van der Waals surface area contributed by atoms with Gasteiger partial charge in [-0.25, -0.2) is 8.42 Å². The lowest BCUT2D eigenvalue weighted by Gasteiger charge is -2.30. The normalized spacial score (nSPS) is 17.8. The minimum absolute atomic E-state index is 0.152. The molecule has 6 nitrogen and oxygen atoms in total. The average Bonchev–Trinajstić information content (AvgIpc) is 3.18. The van der Waals surface area contributed by atoms with Crippen molar-refractivity contribution >= 4 is 15.7 Å². The predicted octanol–water partition coefficient (Wildman–Crippen LogP) is 3.90. The standard InChI is InChI=1S/C26H37N3O3S/c1-4-17-33(30,31)27-29-16-14-21-12-11-20(18-25(21)29)13-15-28(2)19-22-7-5-9-24-23(22)8-6-10-26(24)32-3/h6,8,10-12,18,22,27H,4-5,7,9,13-17,19H2,1-3H3/t22-/m0/s1. The number of likely N-dealkylation sites (N-methyl/N-ethyl adjacent to an activating group) is 1. The predicted molar refractivity (Wildman–Crippen MR) is 135 cm³/mol. The van der Waals surface area contributed by atoms with Crippen LogP contribution >= 0.6 is 0 Å². The van der Waals surface area contributed by atoms with Gasteiger partial charge in [0.1, 0.15) is 5.75 Å². The van der Waals surface area contributed by atoms with Gasteiger partial charge in [0.2, 0.25) is 10.0 Å². The second kappa shape index (κ2) is 10.5. The molecule has 1 aliphatic carbocycles. The fraction of sp³-hybridized carbons (Fsp3) is 0.538. The van der Waals surface area contributed by atoms with Crippen LogP contribution in [-0.4, -0.2) is 52.9 Å². The molecular formula is C26H37N3O3S. The minimum Gasteiger partial charge on any atom is -0.496 e. The van der Waals surface area contributed by atoms with Crippen LogP contribution in [0.2, 0.25) is 0 Å². The van der Waals surface area contributed by atoms with Crippen LogP contribution in [0.1, 0.15) is 54.4 Å². The number of ether oxygens (including phenoxy) is 1. The summed E-state index contributed by atoms with van der Waals surface area (Å²) >= 11 is 0. The van der Waals surface area contributed by atoms with Crippen LogP contribution in [0.25, 0.3) is 0 Å². The van der Waals surface area contributed by atoms with E-state index in [9.17, 15) is 8.42 Å². The Bertz CT molecular complexity index is 1070. The maximum absolute atomic E-state index is 12.2. The lowest BCUT2D eigenvalue weighted by atomic mass is 9.82. The number of hydrogen-bond acceptors (Lipinski definition) is 5. The molecule has 2 aromatic carbocycles. The molecule has 0 spiro atoms. The van der Waals surface area contributed by atoms with E-state index in [0.29, 0.717) is 18.9 Å². The summed E-state index contributed by atoms with van der Waals surface area (Å²) in [5.41, 5.74) is 6.28. The number of sulfonamides is 1. The van der Waals surface area contributed by atoms with E-state index in [1.807, 2.05) is 6.92 Å². The molecular weight excluding hydrogens is 434 g/mol. The van der Waals surface area contributed by atoms with Crippen LogP contribution in [0.5, 0.6) is 5.75 Å². The summed E-state index contributed by atoms with van der Waals surface area (Å²) in [6, 6.07) is 13.0. The molecule has 1 heterocycles. The summed E-state index contributed by atoms with van der Waals surface area (Å²) in [6.07, 6.45) is 5.95. The summed E-state index contributed by atoms with van der Waals surface area (Å²) in [7, 11) is 0.680. The molecule has 4 rings (SSSR count). The fourth-order valence-electron chi connectivity index (χ4n) is 5.24.